The molecule has 2 rings (SSSR count). The first-order valence-corrected chi connectivity index (χ1v) is 7.24. The number of aliphatic carboxylic acids is 1. The molecule has 2 saturated heterocycles. The van der Waals surface area contributed by atoms with Gasteiger partial charge in [0.1, 0.15) is 11.0 Å². The van der Waals surface area contributed by atoms with Crippen molar-refractivity contribution in [1.29, 1.82) is 0 Å². The highest BCUT2D eigenvalue weighted by Crippen LogP contribution is 2.43. The van der Waals surface area contributed by atoms with Crippen LogP contribution < -0.4 is 5.32 Å². The molecule has 0 aliphatic carbocycles. The molecule has 2 fully saturated rings. The van der Waals surface area contributed by atoms with Gasteiger partial charge >= 0.3 is 12.1 Å². The molecule has 7 heteroatoms. The number of carboxylic acids is 1. The van der Waals surface area contributed by atoms with Gasteiger partial charge in [-0.1, -0.05) is 0 Å². The maximum Gasteiger partial charge on any atom is 0.410 e. The van der Waals surface area contributed by atoms with Crippen LogP contribution in [0.2, 0.25) is 0 Å². The van der Waals surface area contributed by atoms with Gasteiger partial charge in [0.25, 0.3) is 0 Å². The van der Waals surface area contributed by atoms with Crippen LogP contribution in [0.15, 0.2) is 0 Å². The molecule has 0 radical (unpaired) electrons. The second-order valence-corrected chi connectivity index (χ2v) is 6.99. The lowest BCUT2D eigenvalue weighted by Gasteiger charge is -2.53. The van der Waals surface area contributed by atoms with E-state index in [0.717, 1.165) is 0 Å². The van der Waals surface area contributed by atoms with Gasteiger partial charge in [0.05, 0.1) is 5.60 Å². The third-order valence-electron chi connectivity index (χ3n) is 4.40. The fourth-order valence-electron chi connectivity index (χ4n) is 2.92. The van der Waals surface area contributed by atoms with Crippen molar-refractivity contribution in [3.63, 3.8) is 0 Å². The summed E-state index contributed by atoms with van der Waals surface area (Å²) in [4.78, 5) is 25.0. The number of nitrogens with one attached hydrogen (secondary N) is 1. The molecule has 0 atom stereocenters. The highest BCUT2D eigenvalue weighted by molar-refractivity contribution is 5.78. The molecule has 1 amide bonds. The third kappa shape index (κ3) is 2.85. The normalized spacial score (nSPS) is 24.1. The number of carbonyl (C=O) groups is 2. The van der Waals surface area contributed by atoms with Gasteiger partial charge in [0, 0.05) is 26.2 Å². The minimum atomic E-state index is -1.28. The zero-order chi connectivity index (χ0) is 15.9. The van der Waals surface area contributed by atoms with Gasteiger partial charge in [-0.05, 0) is 33.6 Å². The zero-order valence-corrected chi connectivity index (χ0v) is 12.8. The summed E-state index contributed by atoms with van der Waals surface area (Å²) in [6.07, 6.45) is 0.0844. The van der Waals surface area contributed by atoms with Crippen molar-refractivity contribution in [3.05, 3.63) is 0 Å². The highest BCUT2D eigenvalue weighted by Gasteiger charge is 2.60. The van der Waals surface area contributed by atoms with Crippen molar-refractivity contribution in [2.24, 2.45) is 5.41 Å². The predicted molar refractivity (Wildman–Crippen MR) is 74.9 cm³/mol. The highest BCUT2D eigenvalue weighted by atomic mass is 16.6. The van der Waals surface area contributed by atoms with Crippen molar-refractivity contribution < 1.29 is 24.5 Å². The van der Waals surface area contributed by atoms with Crippen LogP contribution in [-0.2, 0) is 9.53 Å². The van der Waals surface area contributed by atoms with Crippen LogP contribution in [-0.4, -0.2) is 64.6 Å². The lowest BCUT2D eigenvalue weighted by molar-refractivity contribution is -0.186. The Hall–Kier alpha value is -1.34. The van der Waals surface area contributed by atoms with Crippen LogP contribution in [0, 0.1) is 5.41 Å². The molecule has 0 unspecified atom stereocenters. The molecule has 21 heavy (non-hydrogen) atoms. The fraction of sp³-hybridized carbons (Fsp3) is 0.857. The van der Waals surface area contributed by atoms with E-state index >= 15 is 0 Å². The minimum Gasteiger partial charge on any atom is -0.481 e. The Balaban J connectivity index is 1.99. The Labute approximate surface area is 124 Å². The monoisotopic (exact) mass is 300 g/mol. The number of hydrogen-bond acceptors (Lipinski definition) is 5. The van der Waals surface area contributed by atoms with E-state index in [1.165, 1.54) is 4.90 Å². The molecule has 0 aromatic carbocycles. The molecular formula is C14H24N2O5. The molecule has 7 nitrogen and oxygen atoms in total. The average molecular weight is 300 g/mol. The number of piperidine rings is 1. The number of nitrogens with zero attached hydrogens (tertiary/aromatic N) is 1. The van der Waals surface area contributed by atoms with Crippen LogP contribution >= 0.6 is 0 Å². The van der Waals surface area contributed by atoms with Gasteiger partial charge in [-0.15, -0.1) is 0 Å². The molecular weight excluding hydrogens is 276 g/mol. The molecule has 0 bridgehead atoms. The number of carbonyl (C=O) groups excluding carboxylic acids is 1. The Morgan fingerprint density at radius 3 is 2.05 bits per heavy atom. The van der Waals surface area contributed by atoms with Crippen LogP contribution in [0.4, 0.5) is 4.79 Å². The summed E-state index contributed by atoms with van der Waals surface area (Å²) in [5.74, 6) is -0.977. The van der Waals surface area contributed by atoms with Crippen molar-refractivity contribution in [2.75, 3.05) is 26.2 Å². The molecule has 0 aromatic heterocycles. The van der Waals surface area contributed by atoms with E-state index in [1.54, 1.807) is 20.8 Å². The Morgan fingerprint density at radius 2 is 1.71 bits per heavy atom. The lowest BCUT2D eigenvalue weighted by atomic mass is 9.63. The number of amides is 1. The quantitative estimate of drug-likeness (QED) is 0.683. The smallest absolute Gasteiger partial charge is 0.410 e. The number of carboxylic acid groups (broad SMARTS) is 1. The van der Waals surface area contributed by atoms with Crippen LogP contribution in [0.3, 0.4) is 0 Å². The van der Waals surface area contributed by atoms with Crippen molar-refractivity contribution in [3.8, 4) is 0 Å². The van der Waals surface area contributed by atoms with Crippen LogP contribution in [0.5, 0.6) is 0 Å². The molecule has 0 aromatic rings. The number of likely N-dealkylation sites (tertiary alicyclic amines) is 1. The molecule has 3 N–H and O–H groups in total. The topological polar surface area (TPSA) is 99.1 Å². The van der Waals surface area contributed by atoms with E-state index in [1.807, 2.05) is 0 Å². The number of hydrogen-bond donors (Lipinski definition) is 3. The summed E-state index contributed by atoms with van der Waals surface area (Å²) in [5.41, 5.74) is -2.97. The predicted octanol–water partition coefficient (Wildman–Crippen LogP) is 0.423. The van der Waals surface area contributed by atoms with Crippen molar-refractivity contribution in [2.45, 2.75) is 44.8 Å². The maximum atomic E-state index is 12.0. The van der Waals surface area contributed by atoms with Crippen molar-refractivity contribution >= 4 is 12.1 Å². The molecule has 2 aliphatic heterocycles. The van der Waals surface area contributed by atoms with Gasteiger partial charge in [-0.2, -0.15) is 0 Å². The third-order valence-corrected chi connectivity index (χ3v) is 4.40. The Morgan fingerprint density at radius 1 is 1.19 bits per heavy atom. The SMILES string of the molecule is CC(C)(C)OC(=O)N1CCC(O)(C2(C(=O)O)CNC2)CC1. The molecule has 0 spiro atoms. The number of aliphatic hydroxyl groups is 1. The average Bonchev–Trinajstić information content (AvgIpc) is 2.24. The van der Waals surface area contributed by atoms with Crippen LogP contribution in [0.25, 0.3) is 0 Å². The zero-order valence-electron chi connectivity index (χ0n) is 12.8. The molecule has 120 valence electrons. The summed E-state index contributed by atoms with van der Waals surface area (Å²) in [5, 5.41) is 23.1. The second-order valence-electron chi connectivity index (χ2n) is 6.99. The van der Waals surface area contributed by atoms with Gasteiger partial charge in [0.15, 0.2) is 0 Å². The maximum absolute atomic E-state index is 12.0. The van der Waals surface area contributed by atoms with Crippen LogP contribution in [0.1, 0.15) is 33.6 Å². The first kappa shape index (κ1) is 16.0. The molecule has 2 heterocycles. The second kappa shape index (κ2) is 5.14. The summed E-state index contributed by atoms with van der Waals surface area (Å²) in [7, 11) is 0. The van der Waals surface area contributed by atoms with E-state index in [0.29, 0.717) is 13.1 Å². The van der Waals surface area contributed by atoms with Gasteiger partial charge in [-0.3, -0.25) is 4.79 Å². The summed E-state index contributed by atoms with van der Waals surface area (Å²) in [6.45, 7) is 6.54. The van der Waals surface area contributed by atoms with E-state index < -0.39 is 28.7 Å². The van der Waals surface area contributed by atoms with Gasteiger partial charge in [-0.25, -0.2) is 4.79 Å². The van der Waals surface area contributed by atoms with Gasteiger partial charge in [0.2, 0.25) is 0 Å². The molecule has 0 saturated carbocycles. The molecule has 2 aliphatic rings. The van der Waals surface area contributed by atoms with E-state index in [9.17, 15) is 19.8 Å². The first-order chi connectivity index (χ1) is 9.60. The van der Waals surface area contributed by atoms with E-state index in [4.69, 9.17) is 4.74 Å². The summed E-state index contributed by atoms with van der Waals surface area (Å²) < 4.78 is 5.30. The summed E-state index contributed by atoms with van der Waals surface area (Å²) >= 11 is 0. The van der Waals surface area contributed by atoms with E-state index in [2.05, 4.69) is 5.32 Å². The first-order valence-electron chi connectivity index (χ1n) is 7.24. The Kier molecular flexibility index (Phi) is 3.92. The van der Waals surface area contributed by atoms with Gasteiger partial charge < -0.3 is 25.2 Å². The summed E-state index contributed by atoms with van der Waals surface area (Å²) in [6, 6.07) is 0. The largest absolute Gasteiger partial charge is 0.481 e. The van der Waals surface area contributed by atoms with E-state index in [-0.39, 0.29) is 25.9 Å². The standard InChI is InChI=1S/C14H24N2O5/c1-12(2,3)21-11(19)16-6-4-14(20,5-7-16)13(10(17)18)8-15-9-13/h15,20H,4-9H2,1-3H3,(H,17,18). The number of rotatable bonds is 2. The lowest BCUT2D eigenvalue weighted by Crippen LogP contribution is -2.72. The fourth-order valence-corrected chi connectivity index (χ4v) is 2.92. The Bertz CT molecular complexity index is 431. The van der Waals surface area contributed by atoms with Crippen molar-refractivity contribution in [1.82, 2.24) is 10.2 Å². The minimum absolute atomic E-state index is 0.250. The number of ether oxygens (including phenoxy) is 1.